The van der Waals surface area contributed by atoms with E-state index in [-0.39, 0.29) is 11.4 Å². The fourth-order valence-corrected chi connectivity index (χ4v) is 1.36. The van der Waals surface area contributed by atoms with Crippen LogP contribution < -0.4 is 5.32 Å². The quantitative estimate of drug-likeness (QED) is 0.671. The van der Waals surface area contributed by atoms with Crippen LogP contribution in [0.4, 0.5) is 4.79 Å². The summed E-state index contributed by atoms with van der Waals surface area (Å²) in [5.41, 5.74) is 1.08. The van der Waals surface area contributed by atoms with Crippen LogP contribution in [0.1, 0.15) is 26.7 Å². The van der Waals surface area contributed by atoms with E-state index in [1.807, 2.05) is 13.1 Å². The summed E-state index contributed by atoms with van der Waals surface area (Å²) in [5.74, 6) is 0. The summed E-state index contributed by atoms with van der Waals surface area (Å²) in [4.78, 5) is 13.1. The minimum absolute atomic E-state index is 0.0425. The van der Waals surface area contributed by atoms with Crippen molar-refractivity contribution in [1.29, 1.82) is 0 Å². The Kier molecular flexibility index (Phi) is 3.66. The van der Waals surface area contributed by atoms with Gasteiger partial charge in [0.2, 0.25) is 0 Å². The van der Waals surface area contributed by atoms with E-state index in [0.717, 1.165) is 25.0 Å². The van der Waals surface area contributed by atoms with E-state index in [4.69, 9.17) is 0 Å². The zero-order valence-electron chi connectivity index (χ0n) is 8.08. The monoisotopic (exact) mass is 200 g/mol. The van der Waals surface area contributed by atoms with Crippen LogP contribution in [0, 0.1) is 0 Å². The Morgan fingerprint density at radius 2 is 2.38 bits per heavy atom. The first kappa shape index (κ1) is 10.4. The highest BCUT2D eigenvalue weighted by molar-refractivity contribution is 7.81. The van der Waals surface area contributed by atoms with Crippen molar-refractivity contribution in [3.63, 3.8) is 0 Å². The number of unbranched alkanes of at least 4 members (excludes halogenated alkanes) is 1. The van der Waals surface area contributed by atoms with Crippen LogP contribution in [-0.2, 0) is 0 Å². The van der Waals surface area contributed by atoms with Gasteiger partial charge in [-0.15, -0.1) is 0 Å². The SMILES string of the molecule is CCCCN1C=C(C)C(S)NC1=O. The minimum Gasteiger partial charge on any atom is -0.322 e. The van der Waals surface area contributed by atoms with Crippen molar-refractivity contribution in [2.45, 2.75) is 32.1 Å². The van der Waals surface area contributed by atoms with Crippen LogP contribution >= 0.6 is 12.6 Å². The molecule has 1 rings (SSSR count). The molecule has 0 radical (unpaired) electrons. The second-order valence-corrected chi connectivity index (χ2v) is 3.79. The summed E-state index contributed by atoms with van der Waals surface area (Å²) in [7, 11) is 0. The fourth-order valence-electron chi connectivity index (χ4n) is 1.18. The molecule has 0 bridgehead atoms. The van der Waals surface area contributed by atoms with E-state index in [1.54, 1.807) is 4.90 Å². The van der Waals surface area contributed by atoms with Gasteiger partial charge in [-0.25, -0.2) is 4.79 Å². The van der Waals surface area contributed by atoms with Crippen molar-refractivity contribution in [2.24, 2.45) is 0 Å². The zero-order chi connectivity index (χ0) is 9.84. The molecule has 1 aliphatic rings. The molecule has 1 heterocycles. The van der Waals surface area contributed by atoms with Gasteiger partial charge in [-0.3, -0.25) is 0 Å². The molecule has 0 aromatic carbocycles. The van der Waals surface area contributed by atoms with E-state index >= 15 is 0 Å². The average Bonchev–Trinajstić information content (AvgIpc) is 2.09. The molecular weight excluding hydrogens is 184 g/mol. The van der Waals surface area contributed by atoms with E-state index < -0.39 is 0 Å². The van der Waals surface area contributed by atoms with E-state index in [0.29, 0.717) is 0 Å². The van der Waals surface area contributed by atoms with Crippen LogP contribution in [0.2, 0.25) is 0 Å². The lowest BCUT2D eigenvalue weighted by Crippen LogP contribution is -2.45. The topological polar surface area (TPSA) is 32.3 Å². The van der Waals surface area contributed by atoms with Gasteiger partial charge in [0, 0.05) is 12.7 Å². The highest BCUT2D eigenvalue weighted by atomic mass is 32.1. The molecule has 0 saturated carbocycles. The van der Waals surface area contributed by atoms with Crippen LogP contribution in [0.3, 0.4) is 0 Å². The number of rotatable bonds is 3. The van der Waals surface area contributed by atoms with Crippen molar-refractivity contribution in [3.8, 4) is 0 Å². The molecule has 0 fully saturated rings. The van der Waals surface area contributed by atoms with Crippen molar-refractivity contribution < 1.29 is 4.79 Å². The Morgan fingerprint density at radius 3 is 3.00 bits per heavy atom. The highest BCUT2D eigenvalue weighted by Gasteiger charge is 2.20. The molecule has 3 nitrogen and oxygen atoms in total. The van der Waals surface area contributed by atoms with Crippen molar-refractivity contribution >= 4 is 18.7 Å². The third-order valence-corrected chi connectivity index (χ3v) is 2.60. The fraction of sp³-hybridized carbons (Fsp3) is 0.667. The summed E-state index contributed by atoms with van der Waals surface area (Å²) >= 11 is 4.22. The Labute approximate surface area is 84.6 Å². The molecule has 0 aromatic rings. The van der Waals surface area contributed by atoms with Gasteiger partial charge in [0.15, 0.2) is 0 Å². The summed E-state index contributed by atoms with van der Waals surface area (Å²) in [6, 6.07) is -0.0425. The van der Waals surface area contributed by atoms with Gasteiger partial charge in [0.25, 0.3) is 0 Å². The molecule has 0 spiro atoms. The molecule has 1 aliphatic heterocycles. The van der Waals surface area contributed by atoms with Gasteiger partial charge in [-0.2, -0.15) is 12.6 Å². The zero-order valence-corrected chi connectivity index (χ0v) is 8.97. The number of nitrogens with zero attached hydrogens (tertiary/aromatic N) is 1. The van der Waals surface area contributed by atoms with Crippen molar-refractivity contribution in [3.05, 3.63) is 11.8 Å². The van der Waals surface area contributed by atoms with Crippen LogP contribution in [-0.4, -0.2) is 22.8 Å². The summed E-state index contributed by atoms with van der Waals surface area (Å²) in [6.45, 7) is 4.87. The Bertz CT molecular complexity index is 228. The first-order valence-corrected chi connectivity index (χ1v) is 5.10. The predicted molar refractivity (Wildman–Crippen MR) is 56.7 cm³/mol. The molecule has 0 aliphatic carbocycles. The molecule has 74 valence electrons. The Balaban J connectivity index is 2.58. The molecule has 1 N–H and O–H groups in total. The number of urea groups is 1. The summed E-state index contributed by atoms with van der Waals surface area (Å²) in [5, 5.41) is 2.65. The number of hydrogen-bond acceptors (Lipinski definition) is 2. The van der Waals surface area contributed by atoms with Gasteiger partial charge in [-0.1, -0.05) is 13.3 Å². The van der Waals surface area contributed by atoms with Crippen molar-refractivity contribution in [1.82, 2.24) is 10.2 Å². The molecule has 1 atom stereocenters. The molecule has 0 aromatic heterocycles. The summed E-state index contributed by atoms with van der Waals surface area (Å²) < 4.78 is 0. The lowest BCUT2D eigenvalue weighted by atomic mass is 10.2. The van der Waals surface area contributed by atoms with Gasteiger partial charge in [0.05, 0.1) is 5.37 Å². The molecule has 13 heavy (non-hydrogen) atoms. The lowest BCUT2D eigenvalue weighted by molar-refractivity contribution is 0.211. The largest absolute Gasteiger partial charge is 0.322 e. The number of nitrogens with one attached hydrogen (secondary N) is 1. The molecule has 0 saturated heterocycles. The minimum atomic E-state index is -0.120. The van der Waals surface area contributed by atoms with E-state index in [1.165, 1.54) is 0 Å². The van der Waals surface area contributed by atoms with E-state index in [2.05, 4.69) is 24.9 Å². The second kappa shape index (κ2) is 4.56. The molecular formula is C9H16N2OS. The predicted octanol–water partition coefficient (Wildman–Crippen LogP) is 1.97. The van der Waals surface area contributed by atoms with Gasteiger partial charge < -0.3 is 10.2 Å². The second-order valence-electron chi connectivity index (χ2n) is 3.27. The number of thiol groups is 1. The molecule has 1 unspecified atom stereocenters. The highest BCUT2D eigenvalue weighted by Crippen LogP contribution is 2.13. The number of hydrogen-bond donors (Lipinski definition) is 2. The maximum atomic E-state index is 11.4. The third-order valence-electron chi connectivity index (χ3n) is 2.06. The smallest absolute Gasteiger partial charge is 0.322 e. The maximum absolute atomic E-state index is 11.4. The molecule has 2 amide bonds. The Hall–Kier alpha value is -0.640. The number of amides is 2. The first-order valence-electron chi connectivity index (χ1n) is 4.58. The average molecular weight is 200 g/mol. The standard InChI is InChI=1S/C9H16N2OS/c1-3-4-5-11-6-7(2)8(13)10-9(11)12/h6,8,13H,3-5H2,1-2H3,(H,10,12). The first-order chi connectivity index (χ1) is 6.15. The summed E-state index contributed by atoms with van der Waals surface area (Å²) in [6.07, 6.45) is 4.02. The van der Waals surface area contributed by atoms with Gasteiger partial charge >= 0.3 is 6.03 Å². The van der Waals surface area contributed by atoms with Crippen LogP contribution in [0.25, 0.3) is 0 Å². The Morgan fingerprint density at radius 1 is 1.69 bits per heavy atom. The maximum Gasteiger partial charge on any atom is 0.322 e. The van der Waals surface area contributed by atoms with Gasteiger partial charge in [-0.05, 0) is 18.9 Å². The van der Waals surface area contributed by atoms with Crippen LogP contribution in [0.15, 0.2) is 11.8 Å². The lowest BCUT2D eigenvalue weighted by Gasteiger charge is -2.28. The van der Waals surface area contributed by atoms with E-state index in [9.17, 15) is 4.79 Å². The third kappa shape index (κ3) is 2.66. The number of carbonyl (C=O) groups is 1. The molecule has 4 heteroatoms. The van der Waals surface area contributed by atoms with Gasteiger partial charge in [0.1, 0.15) is 0 Å². The normalized spacial score (nSPS) is 22.7. The van der Waals surface area contributed by atoms with Crippen LogP contribution in [0.5, 0.6) is 0 Å². The number of carbonyl (C=O) groups excluding carboxylic acids is 1. The van der Waals surface area contributed by atoms with Crippen molar-refractivity contribution in [2.75, 3.05) is 6.54 Å².